The van der Waals surface area contributed by atoms with E-state index in [0.29, 0.717) is 11.4 Å². The van der Waals surface area contributed by atoms with Crippen molar-refractivity contribution in [1.29, 1.82) is 0 Å². The number of hydrogen-bond donors (Lipinski definition) is 3. The van der Waals surface area contributed by atoms with Crippen molar-refractivity contribution in [3.63, 3.8) is 0 Å². The van der Waals surface area contributed by atoms with Gasteiger partial charge in [-0.3, -0.25) is 14.4 Å². The minimum absolute atomic E-state index is 0.00467. The lowest BCUT2D eigenvalue weighted by atomic mass is 10.1. The number of benzene rings is 2. The third kappa shape index (κ3) is 4.72. The molecule has 8 nitrogen and oxygen atoms in total. The Kier molecular flexibility index (Phi) is 6.36. The van der Waals surface area contributed by atoms with E-state index in [-0.39, 0.29) is 28.0 Å². The molecule has 0 bridgehead atoms. The first-order chi connectivity index (χ1) is 14.7. The van der Waals surface area contributed by atoms with Gasteiger partial charge in [0.1, 0.15) is 11.5 Å². The van der Waals surface area contributed by atoms with E-state index in [9.17, 15) is 18.8 Å². The Labute approximate surface area is 182 Å². The molecule has 3 aromatic rings. The minimum atomic E-state index is -0.790. The van der Waals surface area contributed by atoms with E-state index >= 15 is 0 Å². The Morgan fingerprint density at radius 2 is 1.84 bits per heavy atom. The minimum Gasteiger partial charge on any atom is -0.364 e. The maximum atomic E-state index is 13.2. The largest absolute Gasteiger partial charge is 0.364 e. The molecule has 0 spiro atoms. The van der Waals surface area contributed by atoms with Crippen molar-refractivity contribution in [1.82, 2.24) is 9.97 Å². The number of aromatic amines is 1. The average Bonchev–Trinajstić information content (AvgIpc) is 3.19. The third-order valence-corrected chi connectivity index (χ3v) is 4.72. The second-order valence-electron chi connectivity index (χ2n) is 6.88. The number of carbonyl (C=O) groups is 3. The van der Waals surface area contributed by atoms with Crippen LogP contribution < -0.4 is 16.0 Å². The maximum Gasteiger partial charge on any atom is 0.279 e. The van der Waals surface area contributed by atoms with Crippen LogP contribution in [0.1, 0.15) is 45.2 Å². The molecule has 1 aromatic heterocycles. The van der Waals surface area contributed by atoms with Crippen LogP contribution in [0.2, 0.25) is 5.02 Å². The Hall–Kier alpha value is -3.72. The van der Waals surface area contributed by atoms with Gasteiger partial charge in [-0.05, 0) is 56.3 Å². The summed E-state index contributed by atoms with van der Waals surface area (Å²) < 4.78 is 13.2. The van der Waals surface area contributed by atoms with Gasteiger partial charge in [-0.2, -0.15) is 0 Å². The van der Waals surface area contributed by atoms with Crippen molar-refractivity contribution in [3.05, 3.63) is 76.6 Å². The van der Waals surface area contributed by atoms with Crippen molar-refractivity contribution < 1.29 is 18.8 Å². The normalized spacial score (nSPS) is 10.7. The van der Waals surface area contributed by atoms with E-state index in [4.69, 9.17) is 17.3 Å². The smallest absolute Gasteiger partial charge is 0.279 e. The second kappa shape index (κ2) is 8.97. The summed E-state index contributed by atoms with van der Waals surface area (Å²) in [4.78, 5) is 44.9. The number of nitrogens with one attached hydrogen (secondary N) is 2. The van der Waals surface area contributed by atoms with Crippen LogP contribution in [0.4, 0.5) is 15.8 Å². The zero-order valence-electron chi connectivity index (χ0n) is 16.6. The second-order valence-corrected chi connectivity index (χ2v) is 7.29. The first-order valence-corrected chi connectivity index (χ1v) is 9.60. The lowest BCUT2D eigenvalue weighted by Gasteiger charge is -2.26. The molecule has 4 N–H and O–H groups in total. The standard InChI is InChI=1S/C21H19ClFN5O3/c1-11(2)28(21(31)18-17(19(24)29)25-10-26-18)14-6-4-13(5-7-14)27-20(30)15-8-3-12(23)9-16(15)22/h3-11H,1-2H3,(H2,24,29)(H,25,26)(H,27,30). The summed E-state index contributed by atoms with van der Waals surface area (Å²) in [6.07, 6.45) is 1.23. The van der Waals surface area contributed by atoms with Gasteiger partial charge < -0.3 is 20.9 Å². The van der Waals surface area contributed by atoms with Crippen molar-refractivity contribution in [2.24, 2.45) is 5.73 Å². The van der Waals surface area contributed by atoms with E-state index in [2.05, 4.69) is 15.3 Å². The lowest BCUT2D eigenvalue weighted by Crippen LogP contribution is -2.38. The Morgan fingerprint density at radius 1 is 1.16 bits per heavy atom. The quantitative estimate of drug-likeness (QED) is 0.538. The summed E-state index contributed by atoms with van der Waals surface area (Å²) >= 11 is 5.92. The van der Waals surface area contributed by atoms with Gasteiger partial charge in [-0.15, -0.1) is 0 Å². The van der Waals surface area contributed by atoms with Crippen LogP contribution in [0.15, 0.2) is 48.8 Å². The Morgan fingerprint density at radius 3 is 2.42 bits per heavy atom. The molecule has 160 valence electrons. The highest BCUT2D eigenvalue weighted by Crippen LogP contribution is 2.24. The molecule has 2 aromatic carbocycles. The molecule has 3 amide bonds. The number of hydrogen-bond acceptors (Lipinski definition) is 4. The first-order valence-electron chi connectivity index (χ1n) is 9.22. The van der Waals surface area contributed by atoms with E-state index < -0.39 is 23.5 Å². The van der Waals surface area contributed by atoms with Gasteiger partial charge >= 0.3 is 0 Å². The zero-order valence-corrected chi connectivity index (χ0v) is 17.4. The lowest BCUT2D eigenvalue weighted by molar-refractivity contribution is 0.0950. The average molecular weight is 444 g/mol. The fourth-order valence-electron chi connectivity index (χ4n) is 2.99. The fraction of sp³-hybridized carbons (Fsp3) is 0.143. The van der Waals surface area contributed by atoms with Crippen molar-refractivity contribution in [2.45, 2.75) is 19.9 Å². The number of halogens is 2. The monoisotopic (exact) mass is 443 g/mol. The summed E-state index contributed by atoms with van der Waals surface area (Å²) in [6.45, 7) is 3.61. The molecule has 10 heteroatoms. The molecule has 0 aliphatic rings. The highest BCUT2D eigenvalue weighted by Gasteiger charge is 2.27. The number of H-pyrrole nitrogens is 1. The highest BCUT2D eigenvalue weighted by molar-refractivity contribution is 6.34. The van der Waals surface area contributed by atoms with Crippen LogP contribution in [0, 0.1) is 5.82 Å². The van der Waals surface area contributed by atoms with Gasteiger partial charge in [0.05, 0.1) is 16.9 Å². The topological polar surface area (TPSA) is 121 Å². The molecular weight excluding hydrogens is 425 g/mol. The van der Waals surface area contributed by atoms with E-state index in [1.54, 1.807) is 38.1 Å². The Balaban J connectivity index is 1.82. The maximum absolute atomic E-state index is 13.2. The third-order valence-electron chi connectivity index (χ3n) is 4.40. The van der Waals surface area contributed by atoms with E-state index in [1.165, 1.54) is 17.3 Å². The zero-order chi connectivity index (χ0) is 22.7. The van der Waals surface area contributed by atoms with Gasteiger partial charge in [0.25, 0.3) is 17.7 Å². The molecule has 0 saturated carbocycles. The van der Waals surface area contributed by atoms with Crippen LogP contribution in [0.5, 0.6) is 0 Å². The number of rotatable bonds is 6. The van der Waals surface area contributed by atoms with Crippen molar-refractivity contribution in [3.8, 4) is 0 Å². The summed E-state index contributed by atoms with van der Waals surface area (Å²) in [7, 11) is 0. The number of amides is 3. The number of aromatic nitrogens is 2. The van der Waals surface area contributed by atoms with Crippen LogP contribution in [0.3, 0.4) is 0 Å². The molecule has 0 saturated heterocycles. The number of carbonyl (C=O) groups excluding carboxylic acids is 3. The number of imidazole rings is 1. The molecule has 0 unspecified atom stereocenters. The van der Waals surface area contributed by atoms with Crippen molar-refractivity contribution >= 4 is 40.7 Å². The van der Waals surface area contributed by atoms with Gasteiger partial charge in [0.2, 0.25) is 0 Å². The van der Waals surface area contributed by atoms with Crippen molar-refractivity contribution in [2.75, 3.05) is 10.2 Å². The highest BCUT2D eigenvalue weighted by atomic mass is 35.5. The van der Waals surface area contributed by atoms with E-state index in [0.717, 1.165) is 12.1 Å². The number of anilines is 2. The predicted molar refractivity (Wildman–Crippen MR) is 115 cm³/mol. The number of primary amides is 1. The molecule has 0 fully saturated rings. The van der Waals surface area contributed by atoms with Gasteiger partial charge in [-0.1, -0.05) is 11.6 Å². The molecule has 0 radical (unpaired) electrons. The summed E-state index contributed by atoms with van der Waals surface area (Å²) in [5.74, 6) is -2.33. The SMILES string of the molecule is CC(C)N(C(=O)c1nc[nH]c1C(N)=O)c1ccc(NC(=O)c2ccc(F)cc2Cl)cc1. The molecule has 3 rings (SSSR count). The van der Waals surface area contributed by atoms with Crippen LogP contribution in [-0.2, 0) is 0 Å². The van der Waals surface area contributed by atoms with E-state index in [1.807, 2.05) is 0 Å². The van der Waals surface area contributed by atoms with Crippen LogP contribution in [-0.4, -0.2) is 33.7 Å². The molecule has 1 heterocycles. The van der Waals surface area contributed by atoms with Gasteiger partial charge in [-0.25, -0.2) is 9.37 Å². The summed E-state index contributed by atoms with van der Waals surface area (Å²) in [6, 6.07) is 9.71. The predicted octanol–water partition coefficient (Wildman–Crippen LogP) is 3.61. The van der Waals surface area contributed by atoms with Gasteiger partial charge in [0.15, 0.2) is 5.69 Å². The fourth-order valence-corrected chi connectivity index (χ4v) is 3.24. The molecule has 0 aliphatic carbocycles. The van der Waals surface area contributed by atoms with Crippen LogP contribution in [0.25, 0.3) is 0 Å². The van der Waals surface area contributed by atoms with Gasteiger partial charge in [0, 0.05) is 17.4 Å². The number of nitrogens with zero attached hydrogens (tertiary/aromatic N) is 2. The molecular formula is C21H19ClFN5O3. The molecule has 0 aliphatic heterocycles. The first kappa shape index (κ1) is 22.0. The summed E-state index contributed by atoms with van der Waals surface area (Å²) in [5, 5.41) is 2.66. The Bertz CT molecular complexity index is 1140. The van der Waals surface area contributed by atoms with Crippen LogP contribution >= 0.6 is 11.6 Å². The summed E-state index contributed by atoms with van der Waals surface area (Å²) in [5.41, 5.74) is 6.24. The molecule has 31 heavy (non-hydrogen) atoms. The number of nitrogens with two attached hydrogens (primary N) is 1. The molecule has 0 atom stereocenters.